The van der Waals surface area contributed by atoms with E-state index >= 15 is 0 Å². The zero-order valence-electron chi connectivity index (χ0n) is 17.4. The van der Waals surface area contributed by atoms with Gasteiger partial charge in [-0.2, -0.15) is 4.31 Å². The van der Waals surface area contributed by atoms with E-state index in [-0.39, 0.29) is 18.7 Å². The zero-order chi connectivity index (χ0) is 22.7. The Kier molecular flexibility index (Phi) is 6.28. The standard InChI is InChI=1S/C21H22F2N6O2S/c1-15-4-5-24-19(10-15)27-20-12-21(26-14-25-20)28-6-8-29(9-7-28)32(30,31)13-16-11-17(22)2-3-18(16)23/h2-5,10-12,14H,6-9,13H2,1H3,(H,24,25,26,27). The number of aryl methyl sites for hydroxylation is 1. The molecule has 0 aliphatic carbocycles. The van der Waals surface area contributed by atoms with Crippen molar-refractivity contribution in [2.75, 3.05) is 36.4 Å². The quantitative estimate of drug-likeness (QED) is 0.605. The summed E-state index contributed by atoms with van der Waals surface area (Å²) in [5.74, 6) is -0.0989. The minimum absolute atomic E-state index is 0.177. The van der Waals surface area contributed by atoms with Crippen LogP contribution in [0.25, 0.3) is 0 Å². The fourth-order valence-corrected chi connectivity index (χ4v) is 4.98. The fourth-order valence-electron chi connectivity index (χ4n) is 3.46. The molecule has 0 saturated carbocycles. The number of hydrogen-bond donors (Lipinski definition) is 1. The summed E-state index contributed by atoms with van der Waals surface area (Å²) in [5.41, 5.74) is 0.885. The molecular weight excluding hydrogens is 438 g/mol. The maximum atomic E-state index is 13.9. The number of sulfonamides is 1. The molecule has 11 heteroatoms. The van der Waals surface area contributed by atoms with Crippen molar-refractivity contribution in [3.8, 4) is 0 Å². The second kappa shape index (κ2) is 9.13. The number of pyridine rings is 1. The van der Waals surface area contributed by atoms with Crippen LogP contribution in [0.5, 0.6) is 0 Å². The van der Waals surface area contributed by atoms with Gasteiger partial charge in [-0.05, 0) is 42.8 Å². The van der Waals surface area contributed by atoms with Crippen molar-refractivity contribution in [1.29, 1.82) is 0 Å². The Morgan fingerprint density at radius 2 is 1.72 bits per heavy atom. The van der Waals surface area contributed by atoms with E-state index in [1.165, 1.54) is 10.6 Å². The van der Waals surface area contributed by atoms with E-state index in [0.29, 0.717) is 30.5 Å². The minimum Gasteiger partial charge on any atom is -0.354 e. The number of piperazine rings is 1. The number of rotatable bonds is 6. The minimum atomic E-state index is -3.79. The average molecular weight is 461 g/mol. The molecule has 0 atom stereocenters. The fraction of sp³-hybridized carbons (Fsp3) is 0.286. The van der Waals surface area contributed by atoms with Gasteiger partial charge in [0.25, 0.3) is 0 Å². The van der Waals surface area contributed by atoms with Gasteiger partial charge in [0.05, 0.1) is 5.75 Å². The normalized spacial score (nSPS) is 15.0. The van der Waals surface area contributed by atoms with Gasteiger partial charge in [-0.25, -0.2) is 32.2 Å². The maximum absolute atomic E-state index is 13.9. The van der Waals surface area contributed by atoms with Crippen LogP contribution in [-0.2, 0) is 15.8 Å². The van der Waals surface area contributed by atoms with Crippen molar-refractivity contribution in [2.45, 2.75) is 12.7 Å². The first kappa shape index (κ1) is 22.0. The Balaban J connectivity index is 1.40. The van der Waals surface area contributed by atoms with E-state index < -0.39 is 27.4 Å². The Hall–Kier alpha value is -3.18. The zero-order valence-corrected chi connectivity index (χ0v) is 18.2. The van der Waals surface area contributed by atoms with Crippen molar-refractivity contribution in [3.05, 3.63) is 71.7 Å². The predicted octanol–water partition coefficient (Wildman–Crippen LogP) is 2.85. The number of benzene rings is 1. The van der Waals surface area contributed by atoms with Gasteiger partial charge in [-0.1, -0.05) is 0 Å². The van der Waals surface area contributed by atoms with Gasteiger partial charge >= 0.3 is 0 Å². The van der Waals surface area contributed by atoms with Gasteiger partial charge in [-0.15, -0.1) is 0 Å². The van der Waals surface area contributed by atoms with Crippen molar-refractivity contribution in [2.24, 2.45) is 0 Å². The summed E-state index contributed by atoms with van der Waals surface area (Å²) in [7, 11) is -3.79. The maximum Gasteiger partial charge on any atom is 0.218 e. The van der Waals surface area contributed by atoms with Gasteiger partial charge in [0.15, 0.2) is 0 Å². The Morgan fingerprint density at radius 3 is 2.47 bits per heavy atom. The van der Waals surface area contributed by atoms with Crippen LogP contribution in [0.4, 0.5) is 26.2 Å². The van der Waals surface area contributed by atoms with Crippen LogP contribution in [-0.4, -0.2) is 53.9 Å². The Labute approximate surface area is 185 Å². The van der Waals surface area contributed by atoms with E-state index in [2.05, 4.69) is 20.3 Å². The highest BCUT2D eigenvalue weighted by atomic mass is 32.2. The highest BCUT2D eigenvalue weighted by Crippen LogP contribution is 2.21. The van der Waals surface area contributed by atoms with Crippen LogP contribution in [0.1, 0.15) is 11.1 Å². The number of halogens is 2. The third kappa shape index (κ3) is 5.17. The number of nitrogens with one attached hydrogen (secondary N) is 1. The number of nitrogens with zero attached hydrogens (tertiary/aromatic N) is 5. The van der Waals surface area contributed by atoms with Crippen LogP contribution < -0.4 is 10.2 Å². The summed E-state index contributed by atoms with van der Waals surface area (Å²) in [6.45, 7) is 3.21. The molecule has 8 nitrogen and oxygen atoms in total. The average Bonchev–Trinajstić information content (AvgIpc) is 2.76. The smallest absolute Gasteiger partial charge is 0.218 e. The molecule has 4 rings (SSSR count). The van der Waals surface area contributed by atoms with Crippen molar-refractivity contribution in [1.82, 2.24) is 19.3 Å². The lowest BCUT2D eigenvalue weighted by Gasteiger charge is -2.34. The van der Waals surface area contributed by atoms with Crippen molar-refractivity contribution in [3.63, 3.8) is 0 Å². The first-order chi connectivity index (χ1) is 15.3. The summed E-state index contributed by atoms with van der Waals surface area (Å²) < 4.78 is 54.0. The first-order valence-electron chi connectivity index (χ1n) is 9.98. The van der Waals surface area contributed by atoms with Gasteiger partial charge < -0.3 is 10.2 Å². The molecule has 1 aliphatic heterocycles. The van der Waals surface area contributed by atoms with E-state index in [1.54, 1.807) is 12.3 Å². The van der Waals surface area contributed by atoms with Gasteiger partial charge in [-0.3, -0.25) is 0 Å². The van der Waals surface area contributed by atoms with Gasteiger partial charge in [0.2, 0.25) is 10.0 Å². The van der Waals surface area contributed by atoms with Gasteiger partial charge in [0, 0.05) is 44.0 Å². The summed E-state index contributed by atoms with van der Waals surface area (Å²) in [5, 5.41) is 3.13. The molecule has 0 bridgehead atoms. The molecular formula is C21H22F2N6O2S. The molecule has 1 aliphatic rings. The number of hydrogen-bond acceptors (Lipinski definition) is 7. The highest BCUT2D eigenvalue weighted by molar-refractivity contribution is 7.88. The molecule has 32 heavy (non-hydrogen) atoms. The first-order valence-corrected chi connectivity index (χ1v) is 11.6. The molecule has 1 aromatic carbocycles. The molecule has 0 unspecified atom stereocenters. The lowest BCUT2D eigenvalue weighted by atomic mass is 10.2. The van der Waals surface area contributed by atoms with Crippen LogP contribution >= 0.6 is 0 Å². The van der Waals surface area contributed by atoms with Crippen molar-refractivity contribution < 1.29 is 17.2 Å². The molecule has 1 fully saturated rings. The molecule has 1 N–H and O–H groups in total. The van der Waals surface area contributed by atoms with E-state index in [9.17, 15) is 17.2 Å². The second-order valence-electron chi connectivity index (χ2n) is 7.48. The monoisotopic (exact) mass is 460 g/mol. The molecule has 2 aromatic heterocycles. The Bertz CT molecular complexity index is 1220. The molecule has 0 amide bonds. The summed E-state index contributed by atoms with van der Waals surface area (Å²) in [6, 6.07) is 8.38. The summed E-state index contributed by atoms with van der Waals surface area (Å²) in [6.07, 6.45) is 3.14. The van der Waals surface area contributed by atoms with E-state index in [1.807, 2.05) is 24.0 Å². The number of aromatic nitrogens is 3. The number of anilines is 3. The highest BCUT2D eigenvalue weighted by Gasteiger charge is 2.28. The van der Waals surface area contributed by atoms with Crippen LogP contribution in [0.3, 0.4) is 0 Å². The SMILES string of the molecule is Cc1ccnc(Nc2cc(N3CCN(S(=O)(=O)Cc4cc(F)ccc4F)CC3)ncn2)c1. The van der Waals surface area contributed by atoms with E-state index in [0.717, 1.165) is 23.8 Å². The lowest BCUT2D eigenvalue weighted by Crippen LogP contribution is -2.49. The molecule has 168 valence electrons. The molecule has 3 heterocycles. The van der Waals surface area contributed by atoms with Crippen LogP contribution in [0.2, 0.25) is 0 Å². The van der Waals surface area contributed by atoms with E-state index in [4.69, 9.17) is 0 Å². The third-order valence-corrected chi connectivity index (χ3v) is 6.95. The second-order valence-corrected chi connectivity index (χ2v) is 9.45. The summed E-state index contributed by atoms with van der Waals surface area (Å²) in [4.78, 5) is 14.7. The van der Waals surface area contributed by atoms with Crippen LogP contribution in [0, 0.1) is 18.6 Å². The third-order valence-electron chi connectivity index (χ3n) is 5.13. The molecule has 0 radical (unpaired) electrons. The topological polar surface area (TPSA) is 91.3 Å². The van der Waals surface area contributed by atoms with Gasteiger partial charge in [0.1, 0.15) is 35.4 Å². The largest absolute Gasteiger partial charge is 0.354 e. The predicted molar refractivity (Wildman–Crippen MR) is 117 cm³/mol. The van der Waals surface area contributed by atoms with Crippen LogP contribution in [0.15, 0.2) is 48.9 Å². The molecule has 3 aromatic rings. The lowest BCUT2D eigenvalue weighted by molar-refractivity contribution is 0.383. The molecule has 1 saturated heterocycles. The molecule has 0 spiro atoms. The van der Waals surface area contributed by atoms with Crippen molar-refractivity contribution >= 4 is 27.5 Å². The summed E-state index contributed by atoms with van der Waals surface area (Å²) >= 11 is 0. The Morgan fingerprint density at radius 1 is 0.969 bits per heavy atom.